The van der Waals surface area contributed by atoms with Crippen molar-refractivity contribution in [2.75, 3.05) is 0 Å². The quantitative estimate of drug-likeness (QED) is 0.496. The van der Waals surface area contributed by atoms with Gasteiger partial charge < -0.3 is 0 Å². The van der Waals surface area contributed by atoms with Gasteiger partial charge in [-0.1, -0.05) is 46.8 Å². The lowest BCUT2D eigenvalue weighted by atomic mass is 9.75. The molecule has 0 N–H and O–H groups in total. The Balaban J connectivity index is 2.48. The molecule has 0 aliphatic heterocycles. The van der Waals surface area contributed by atoms with Crippen LogP contribution in [0.1, 0.15) is 62.4 Å². The summed E-state index contributed by atoms with van der Waals surface area (Å²) in [7, 11) is 0. The molecular weight excluding hydrogens is 392 g/mol. The van der Waals surface area contributed by atoms with E-state index in [0.717, 1.165) is 6.07 Å². The average molecular weight is 416 g/mol. The third-order valence-electron chi connectivity index (χ3n) is 5.30. The largest absolute Gasteiger partial charge is 0.278 e. The van der Waals surface area contributed by atoms with Gasteiger partial charge in [0, 0.05) is 22.0 Å². The zero-order valence-corrected chi connectivity index (χ0v) is 17.7. The Morgan fingerprint density at radius 1 is 0.700 bits per heavy atom. The molecule has 0 aliphatic carbocycles. The monoisotopic (exact) mass is 416 g/mol. The topological polar surface area (TPSA) is 47.6 Å². The van der Waals surface area contributed by atoms with Crippen LogP contribution in [0.25, 0.3) is 0 Å². The summed E-state index contributed by atoms with van der Waals surface area (Å²) in [6, 6.07) is 12.5. The predicted molar refractivity (Wildman–Crippen MR) is 107 cm³/mol. The first kappa shape index (κ1) is 23.4. The summed E-state index contributed by atoms with van der Waals surface area (Å²) in [5, 5.41) is 18.1. The Kier molecular flexibility index (Phi) is 6.06. The molecule has 2 aromatic carbocycles. The van der Waals surface area contributed by atoms with Crippen molar-refractivity contribution in [3.8, 4) is 12.1 Å². The molecule has 6 heteroatoms. The second kappa shape index (κ2) is 7.76. The van der Waals surface area contributed by atoms with Crippen LogP contribution in [-0.4, -0.2) is 0 Å². The molecule has 0 radical (unpaired) electrons. The van der Waals surface area contributed by atoms with Gasteiger partial charge in [0.25, 0.3) is 11.8 Å². The smallest absolute Gasteiger partial charge is 0.201 e. The first-order valence-corrected chi connectivity index (χ1v) is 9.46. The molecule has 0 fully saturated rings. The van der Waals surface area contributed by atoms with Crippen LogP contribution >= 0.6 is 0 Å². The van der Waals surface area contributed by atoms with Crippen molar-refractivity contribution in [3.05, 3.63) is 70.3 Å². The van der Waals surface area contributed by atoms with E-state index in [9.17, 15) is 14.0 Å². The van der Waals surface area contributed by atoms with Crippen LogP contribution in [0.5, 0.6) is 0 Å². The molecule has 0 saturated heterocycles. The molecule has 30 heavy (non-hydrogen) atoms. The third-order valence-corrected chi connectivity index (χ3v) is 5.30. The standard InChI is InChI=1S/C24H24F4N2/c1-21(2,3)23(25,26)20-11-17(10-18(12-20)15-30)13-22(4,5)24(27,28)19-8-6-16(14-29)7-9-19/h6-12H,13H2,1-5H3. The fraction of sp³-hybridized carbons (Fsp3) is 0.417. The lowest BCUT2D eigenvalue weighted by Gasteiger charge is -2.35. The van der Waals surface area contributed by atoms with Gasteiger partial charge in [-0.05, 0) is 42.3 Å². The van der Waals surface area contributed by atoms with E-state index in [-0.39, 0.29) is 34.2 Å². The number of nitriles is 2. The molecule has 0 bridgehead atoms. The van der Waals surface area contributed by atoms with Gasteiger partial charge in [0.2, 0.25) is 0 Å². The molecule has 2 nitrogen and oxygen atoms in total. The number of rotatable bonds is 5. The highest BCUT2D eigenvalue weighted by Crippen LogP contribution is 2.48. The highest BCUT2D eigenvalue weighted by Gasteiger charge is 2.49. The van der Waals surface area contributed by atoms with Gasteiger partial charge in [-0.2, -0.15) is 10.5 Å². The van der Waals surface area contributed by atoms with Crippen molar-refractivity contribution < 1.29 is 17.6 Å². The molecule has 158 valence electrons. The third kappa shape index (κ3) is 4.33. The number of alkyl halides is 4. The van der Waals surface area contributed by atoms with E-state index in [1.54, 1.807) is 0 Å². The summed E-state index contributed by atoms with van der Waals surface area (Å²) in [6.07, 6.45) is -0.219. The minimum atomic E-state index is -3.30. The average Bonchev–Trinajstić information content (AvgIpc) is 2.66. The molecule has 0 aromatic heterocycles. The minimum absolute atomic E-state index is 0.00362. The van der Waals surface area contributed by atoms with Crippen molar-refractivity contribution >= 4 is 0 Å². The Labute approximate surface area is 174 Å². The molecule has 0 saturated carbocycles. The summed E-state index contributed by atoms with van der Waals surface area (Å²) in [4.78, 5) is 0. The van der Waals surface area contributed by atoms with Gasteiger partial charge >= 0.3 is 0 Å². The molecule has 2 aromatic rings. The Morgan fingerprint density at radius 3 is 1.70 bits per heavy atom. The van der Waals surface area contributed by atoms with Gasteiger partial charge in [0.05, 0.1) is 23.3 Å². The van der Waals surface area contributed by atoms with E-state index in [0.29, 0.717) is 0 Å². The van der Waals surface area contributed by atoms with Gasteiger partial charge in [-0.25, -0.2) is 17.6 Å². The van der Waals surface area contributed by atoms with Crippen molar-refractivity contribution in [2.45, 2.75) is 52.9 Å². The molecule has 2 rings (SSSR count). The van der Waals surface area contributed by atoms with Crippen LogP contribution in [0.3, 0.4) is 0 Å². The van der Waals surface area contributed by atoms with Gasteiger partial charge in [0.1, 0.15) is 0 Å². The molecule has 0 atom stereocenters. The maximum atomic E-state index is 15.3. The fourth-order valence-corrected chi connectivity index (χ4v) is 3.24. The first-order valence-electron chi connectivity index (χ1n) is 9.46. The lowest BCUT2D eigenvalue weighted by Crippen LogP contribution is -2.36. The van der Waals surface area contributed by atoms with Crippen LogP contribution in [-0.2, 0) is 18.3 Å². The van der Waals surface area contributed by atoms with Gasteiger partial charge in [-0.15, -0.1) is 0 Å². The van der Waals surface area contributed by atoms with Gasteiger partial charge in [-0.3, -0.25) is 0 Å². The maximum absolute atomic E-state index is 15.3. The zero-order valence-electron chi connectivity index (χ0n) is 17.7. The van der Waals surface area contributed by atoms with Crippen LogP contribution in [0.2, 0.25) is 0 Å². The molecule has 0 spiro atoms. The summed E-state index contributed by atoms with van der Waals surface area (Å²) < 4.78 is 60.3. The van der Waals surface area contributed by atoms with Gasteiger partial charge in [0.15, 0.2) is 0 Å². The van der Waals surface area contributed by atoms with Crippen molar-refractivity contribution in [1.29, 1.82) is 10.5 Å². The second-order valence-corrected chi connectivity index (χ2v) is 9.18. The second-order valence-electron chi connectivity index (χ2n) is 9.18. The van der Waals surface area contributed by atoms with E-state index >= 15 is 8.78 Å². The molecule has 0 heterocycles. The maximum Gasteiger partial charge on any atom is 0.278 e. The number of nitrogens with zero attached hydrogens (tertiary/aromatic N) is 2. The summed E-state index contributed by atoms with van der Waals surface area (Å²) in [5.41, 5.74) is -3.15. The van der Waals surface area contributed by atoms with E-state index in [1.165, 1.54) is 71.0 Å². The Morgan fingerprint density at radius 2 is 1.23 bits per heavy atom. The van der Waals surface area contributed by atoms with Crippen LogP contribution in [0, 0.1) is 33.5 Å². The number of hydrogen-bond acceptors (Lipinski definition) is 2. The van der Waals surface area contributed by atoms with Crippen molar-refractivity contribution in [1.82, 2.24) is 0 Å². The highest BCUT2D eigenvalue weighted by molar-refractivity contribution is 5.41. The summed E-state index contributed by atoms with van der Waals surface area (Å²) >= 11 is 0. The normalized spacial score (nSPS) is 12.9. The minimum Gasteiger partial charge on any atom is -0.201 e. The van der Waals surface area contributed by atoms with E-state index in [1.807, 2.05) is 12.1 Å². The van der Waals surface area contributed by atoms with E-state index < -0.39 is 22.7 Å². The van der Waals surface area contributed by atoms with Crippen molar-refractivity contribution in [2.24, 2.45) is 10.8 Å². The summed E-state index contributed by atoms with van der Waals surface area (Å²) in [6.45, 7) is 6.86. The van der Waals surface area contributed by atoms with Crippen LogP contribution < -0.4 is 0 Å². The SMILES string of the molecule is CC(C)(C)C(F)(F)c1cc(C#N)cc(CC(C)(C)C(F)(F)c2ccc(C#N)cc2)c1. The molecule has 0 amide bonds. The number of benzene rings is 2. The fourth-order valence-electron chi connectivity index (χ4n) is 3.24. The molecular formula is C24H24F4N2. The van der Waals surface area contributed by atoms with Crippen LogP contribution in [0.4, 0.5) is 17.6 Å². The summed E-state index contributed by atoms with van der Waals surface area (Å²) in [5.74, 6) is -6.54. The van der Waals surface area contributed by atoms with E-state index in [2.05, 4.69) is 0 Å². The van der Waals surface area contributed by atoms with E-state index in [4.69, 9.17) is 5.26 Å². The first-order chi connectivity index (χ1) is 13.7. The zero-order chi connectivity index (χ0) is 23.0. The van der Waals surface area contributed by atoms with Crippen LogP contribution in [0.15, 0.2) is 42.5 Å². The Bertz CT molecular complexity index is 1000. The number of halogens is 4. The Hall–Kier alpha value is -2.86. The number of hydrogen-bond donors (Lipinski definition) is 0. The lowest BCUT2D eigenvalue weighted by molar-refractivity contribution is -0.113. The highest BCUT2D eigenvalue weighted by atomic mass is 19.3. The van der Waals surface area contributed by atoms with Crippen molar-refractivity contribution in [3.63, 3.8) is 0 Å². The molecule has 0 unspecified atom stereocenters. The predicted octanol–water partition coefficient (Wildman–Crippen LogP) is 6.93. The molecule has 0 aliphatic rings.